The predicted octanol–water partition coefficient (Wildman–Crippen LogP) is 5.08. The van der Waals surface area contributed by atoms with E-state index in [-0.39, 0.29) is 5.82 Å². The molecule has 0 aliphatic heterocycles. The van der Waals surface area contributed by atoms with Crippen LogP contribution in [0.1, 0.15) is 45.2 Å². The lowest BCUT2D eigenvalue weighted by Crippen LogP contribution is -2.01. The highest BCUT2D eigenvalue weighted by molar-refractivity contribution is 5.66. The molecule has 0 nitrogen and oxygen atoms in total. The summed E-state index contributed by atoms with van der Waals surface area (Å²) in [7, 11) is 0. The number of benzene rings is 1. The van der Waals surface area contributed by atoms with Crippen LogP contribution in [0.25, 0.3) is 5.57 Å². The monoisotopic (exact) mass is 234 g/mol. The molecule has 0 aliphatic carbocycles. The second-order valence-electron chi connectivity index (χ2n) is 5.60. The highest BCUT2D eigenvalue weighted by Crippen LogP contribution is 2.26. The van der Waals surface area contributed by atoms with Gasteiger partial charge in [-0.3, -0.25) is 0 Å². The molecule has 1 aromatic carbocycles. The average molecular weight is 234 g/mol. The average Bonchev–Trinajstić information content (AvgIpc) is 2.15. The summed E-state index contributed by atoms with van der Waals surface area (Å²) in [5.41, 5.74) is 3.34. The smallest absolute Gasteiger partial charge is 0.123 e. The maximum atomic E-state index is 13.3. The van der Waals surface area contributed by atoms with Crippen molar-refractivity contribution in [3.05, 3.63) is 41.7 Å². The zero-order valence-corrected chi connectivity index (χ0v) is 11.4. The molecule has 0 radical (unpaired) electrons. The maximum Gasteiger partial charge on any atom is 0.123 e. The minimum Gasteiger partial charge on any atom is -0.207 e. The summed E-state index contributed by atoms with van der Waals surface area (Å²) in [6.07, 6.45) is 1.88. The van der Waals surface area contributed by atoms with Gasteiger partial charge in [0.25, 0.3) is 0 Å². The SMILES string of the molecule is C=C(CC(C)C)c1ccc(F)cc1CC(C)C. The standard InChI is InChI=1S/C16H23F/c1-11(2)8-13(5)16-7-6-15(17)10-14(16)9-12(3)4/h6-7,10-12H,5,8-9H2,1-4H3. The molecule has 1 rings (SSSR count). The Morgan fingerprint density at radius 1 is 1.18 bits per heavy atom. The molecule has 1 heteroatoms. The van der Waals surface area contributed by atoms with Crippen molar-refractivity contribution in [1.29, 1.82) is 0 Å². The van der Waals surface area contributed by atoms with Gasteiger partial charge in [0, 0.05) is 0 Å². The molecule has 1 aromatic rings. The number of allylic oxidation sites excluding steroid dienone is 1. The lowest BCUT2D eigenvalue weighted by atomic mass is 9.90. The van der Waals surface area contributed by atoms with E-state index in [0.29, 0.717) is 11.8 Å². The number of hydrogen-bond donors (Lipinski definition) is 0. The van der Waals surface area contributed by atoms with Crippen LogP contribution in [-0.4, -0.2) is 0 Å². The Labute approximate surface area is 105 Å². The van der Waals surface area contributed by atoms with Gasteiger partial charge in [0.2, 0.25) is 0 Å². The van der Waals surface area contributed by atoms with Crippen LogP contribution in [0.3, 0.4) is 0 Å². The molecule has 0 fully saturated rings. The molecular weight excluding hydrogens is 211 g/mol. The van der Waals surface area contributed by atoms with E-state index >= 15 is 0 Å². The zero-order chi connectivity index (χ0) is 13.0. The van der Waals surface area contributed by atoms with Crippen LogP contribution in [0.2, 0.25) is 0 Å². The number of rotatable bonds is 5. The van der Waals surface area contributed by atoms with E-state index in [1.165, 1.54) is 6.07 Å². The van der Waals surface area contributed by atoms with Crippen molar-refractivity contribution in [2.75, 3.05) is 0 Å². The quantitative estimate of drug-likeness (QED) is 0.666. The van der Waals surface area contributed by atoms with Gasteiger partial charge < -0.3 is 0 Å². The molecule has 0 unspecified atom stereocenters. The van der Waals surface area contributed by atoms with Crippen LogP contribution in [0.4, 0.5) is 4.39 Å². The van der Waals surface area contributed by atoms with Crippen molar-refractivity contribution in [3.63, 3.8) is 0 Å². The first kappa shape index (κ1) is 14.0. The number of halogens is 1. The lowest BCUT2D eigenvalue weighted by Gasteiger charge is -2.15. The summed E-state index contributed by atoms with van der Waals surface area (Å²) in [5.74, 6) is 0.962. The molecule has 0 aromatic heterocycles. The molecule has 0 amide bonds. The van der Waals surface area contributed by atoms with Gasteiger partial charge in [0.05, 0.1) is 0 Å². The molecule has 94 valence electrons. The molecule has 0 heterocycles. The molecule has 0 aliphatic rings. The Morgan fingerprint density at radius 2 is 1.82 bits per heavy atom. The highest BCUT2D eigenvalue weighted by Gasteiger charge is 2.10. The molecule has 0 saturated heterocycles. The van der Waals surface area contributed by atoms with Gasteiger partial charge in [-0.05, 0) is 53.5 Å². The summed E-state index contributed by atoms with van der Waals surface area (Å²) in [6, 6.07) is 5.06. The lowest BCUT2D eigenvalue weighted by molar-refractivity contribution is 0.611. The second kappa shape index (κ2) is 6.00. The number of hydrogen-bond acceptors (Lipinski definition) is 0. The third-order valence-corrected chi connectivity index (χ3v) is 2.73. The molecule has 0 spiro atoms. The van der Waals surface area contributed by atoms with E-state index in [4.69, 9.17) is 0 Å². The second-order valence-corrected chi connectivity index (χ2v) is 5.60. The van der Waals surface area contributed by atoms with E-state index in [2.05, 4.69) is 34.3 Å². The summed E-state index contributed by atoms with van der Waals surface area (Å²) >= 11 is 0. The van der Waals surface area contributed by atoms with Gasteiger partial charge in [0.15, 0.2) is 0 Å². The first-order chi connectivity index (χ1) is 7.90. The van der Waals surface area contributed by atoms with Crippen molar-refractivity contribution in [3.8, 4) is 0 Å². The van der Waals surface area contributed by atoms with Gasteiger partial charge in [0.1, 0.15) is 5.82 Å². The van der Waals surface area contributed by atoms with E-state index in [1.807, 2.05) is 6.07 Å². The zero-order valence-electron chi connectivity index (χ0n) is 11.4. The Balaban J connectivity index is 3.01. The fourth-order valence-electron chi connectivity index (χ4n) is 2.12. The minimum absolute atomic E-state index is 0.151. The molecule has 0 bridgehead atoms. The molecular formula is C16H23F. The third-order valence-electron chi connectivity index (χ3n) is 2.73. The van der Waals surface area contributed by atoms with Crippen LogP contribution < -0.4 is 0 Å². The molecule has 17 heavy (non-hydrogen) atoms. The van der Waals surface area contributed by atoms with Crippen molar-refractivity contribution in [2.24, 2.45) is 11.8 Å². The van der Waals surface area contributed by atoms with Gasteiger partial charge >= 0.3 is 0 Å². The largest absolute Gasteiger partial charge is 0.207 e. The minimum atomic E-state index is -0.151. The van der Waals surface area contributed by atoms with Crippen molar-refractivity contribution >= 4 is 5.57 Å². The van der Waals surface area contributed by atoms with Gasteiger partial charge in [-0.1, -0.05) is 40.3 Å². The van der Waals surface area contributed by atoms with E-state index in [1.54, 1.807) is 6.07 Å². The first-order valence-electron chi connectivity index (χ1n) is 6.36. The highest BCUT2D eigenvalue weighted by atomic mass is 19.1. The first-order valence-corrected chi connectivity index (χ1v) is 6.36. The summed E-state index contributed by atoms with van der Waals surface area (Å²) in [4.78, 5) is 0. The van der Waals surface area contributed by atoms with Crippen molar-refractivity contribution < 1.29 is 4.39 Å². The van der Waals surface area contributed by atoms with Crippen LogP contribution in [0.5, 0.6) is 0 Å². The van der Waals surface area contributed by atoms with E-state index in [9.17, 15) is 4.39 Å². The fraction of sp³-hybridized carbons (Fsp3) is 0.500. The molecule has 0 atom stereocenters. The van der Waals surface area contributed by atoms with Gasteiger partial charge in [-0.15, -0.1) is 0 Å². The van der Waals surface area contributed by atoms with Crippen LogP contribution in [-0.2, 0) is 6.42 Å². The van der Waals surface area contributed by atoms with Gasteiger partial charge in [-0.2, -0.15) is 0 Å². The molecule has 0 N–H and O–H groups in total. The van der Waals surface area contributed by atoms with Crippen molar-refractivity contribution in [2.45, 2.75) is 40.5 Å². The topological polar surface area (TPSA) is 0 Å². The Morgan fingerprint density at radius 3 is 2.35 bits per heavy atom. The normalized spacial score (nSPS) is 11.2. The third kappa shape index (κ3) is 4.33. The Kier molecular flexibility index (Phi) is 4.92. The van der Waals surface area contributed by atoms with Crippen LogP contribution in [0.15, 0.2) is 24.8 Å². The summed E-state index contributed by atoms with van der Waals surface area (Å²) in [6.45, 7) is 12.8. The van der Waals surface area contributed by atoms with Crippen LogP contribution >= 0.6 is 0 Å². The Bertz CT molecular complexity index is 389. The predicted molar refractivity (Wildman–Crippen MR) is 73.4 cm³/mol. The van der Waals surface area contributed by atoms with Crippen LogP contribution in [0, 0.1) is 17.7 Å². The van der Waals surface area contributed by atoms with E-state index < -0.39 is 0 Å². The fourth-order valence-corrected chi connectivity index (χ4v) is 2.12. The van der Waals surface area contributed by atoms with Gasteiger partial charge in [-0.25, -0.2) is 4.39 Å². The molecule has 0 saturated carbocycles. The summed E-state index contributed by atoms with van der Waals surface area (Å²) in [5, 5.41) is 0. The Hall–Kier alpha value is -1.11. The maximum absolute atomic E-state index is 13.3. The van der Waals surface area contributed by atoms with Crippen molar-refractivity contribution in [1.82, 2.24) is 0 Å². The van der Waals surface area contributed by atoms with E-state index in [0.717, 1.165) is 29.5 Å². The summed E-state index contributed by atoms with van der Waals surface area (Å²) < 4.78 is 13.3.